The largest absolute Gasteiger partial charge is 0.494 e. The molecule has 1 atom stereocenters. The van der Waals surface area contributed by atoms with Crippen LogP contribution in [0.3, 0.4) is 0 Å². The Hall–Kier alpha value is -1.16. The molecule has 1 aliphatic heterocycles. The molecule has 0 radical (unpaired) electrons. The molecule has 1 aromatic rings. The van der Waals surface area contributed by atoms with Crippen LogP contribution in [0, 0.1) is 11.6 Å². The summed E-state index contributed by atoms with van der Waals surface area (Å²) in [6, 6.07) is 2.38. The maximum atomic E-state index is 13.6. The fourth-order valence-corrected chi connectivity index (χ4v) is 2.13. The summed E-state index contributed by atoms with van der Waals surface area (Å²) >= 11 is 0. The van der Waals surface area contributed by atoms with Crippen LogP contribution in [0.15, 0.2) is 12.1 Å². The Labute approximate surface area is 93.6 Å². The molecule has 0 bridgehead atoms. The van der Waals surface area contributed by atoms with Gasteiger partial charge < -0.3 is 10.1 Å². The molecule has 1 fully saturated rings. The first-order valence-electron chi connectivity index (χ1n) is 5.46. The van der Waals surface area contributed by atoms with Crippen LogP contribution in [-0.2, 0) is 0 Å². The molecule has 1 saturated heterocycles. The average molecular weight is 227 g/mol. The van der Waals surface area contributed by atoms with Gasteiger partial charge in [-0.05, 0) is 36.9 Å². The van der Waals surface area contributed by atoms with Crippen LogP contribution in [0.25, 0.3) is 0 Å². The van der Waals surface area contributed by atoms with E-state index >= 15 is 0 Å². The van der Waals surface area contributed by atoms with Crippen molar-refractivity contribution in [3.63, 3.8) is 0 Å². The van der Waals surface area contributed by atoms with Gasteiger partial charge in [0.2, 0.25) is 0 Å². The zero-order valence-corrected chi connectivity index (χ0v) is 9.22. The minimum Gasteiger partial charge on any atom is -0.494 e. The molecule has 0 spiro atoms. The predicted octanol–water partition coefficient (Wildman–Crippen LogP) is 2.44. The fraction of sp³-hybridized carbons (Fsp3) is 0.500. The summed E-state index contributed by atoms with van der Waals surface area (Å²) in [5, 5.41) is 3.21. The van der Waals surface area contributed by atoms with E-state index in [0.717, 1.165) is 32.0 Å². The van der Waals surface area contributed by atoms with E-state index in [-0.39, 0.29) is 11.7 Å². The van der Waals surface area contributed by atoms with Crippen molar-refractivity contribution in [2.45, 2.75) is 18.8 Å². The molecule has 4 heteroatoms. The standard InChI is InChI=1S/C12H15F2NO/c1-16-12-5-9(10(13)6-11(12)14)8-3-2-4-15-7-8/h5-6,8,15H,2-4,7H2,1H3. The Morgan fingerprint density at radius 1 is 1.31 bits per heavy atom. The van der Waals surface area contributed by atoms with Gasteiger partial charge in [0.1, 0.15) is 5.82 Å². The lowest BCUT2D eigenvalue weighted by atomic mass is 9.91. The summed E-state index contributed by atoms with van der Waals surface area (Å²) in [4.78, 5) is 0. The highest BCUT2D eigenvalue weighted by molar-refractivity contribution is 5.34. The molecule has 1 aliphatic rings. The van der Waals surface area contributed by atoms with Gasteiger partial charge in [0.15, 0.2) is 11.6 Å². The summed E-state index contributed by atoms with van der Waals surface area (Å²) in [7, 11) is 1.39. The molecule has 2 rings (SSSR count). The first-order valence-corrected chi connectivity index (χ1v) is 5.46. The summed E-state index contributed by atoms with van der Waals surface area (Å²) < 4.78 is 31.7. The number of methoxy groups -OCH3 is 1. The summed E-state index contributed by atoms with van der Waals surface area (Å²) in [5.74, 6) is -0.898. The first kappa shape index (κ1) is 11.3. The Bertz CT molecular complexity index is 376. The molecule has 0 amide bonds. The molecule has 0 aromatic heterocycles. The number of nitrogens with one attached hydrogen (secondary N) is 1. The predicted molar refractivity (Wildman–Crippen MR) is 57.8 cm³/mol. The van der Waals surface area contributed by atoms with Crippen molar-refractivity contribution in [1.82, 2.24) is 5.32 Å². The van der Waals surface area contributed by atoms with Crippen LogP contribution >= 0.6 is 0 Å². The van der Waals surface area contributed by atoms with Gasteiger partial charge in [-0.1, -0.05) is 0 Å². The highest BCUT2D eigenvalue weighted by atomic mass is 19.1. The van der Waals surface area contributed by atoms with Crippen molar-refractivity contribution < 1.29 is 13.5 Å². The van der Waals surface area contributed by atoms with Gasteiger partial charge in [-0.25, -0.2) is 8.78 Å². The summed E-state index contributed by atoms with van der Waals surface area (Å²) in [6.45, 7) is 1.71. The second-order valence-corrected chi connectivity index (χ2v) is 4.05. The third kappa shape index (κ3) is 2.16. The van der Waals surface area contributed by atoms with E-state index in [1.165, 1.54) is 13.2 Å². The van der Waals surface area contributed by atoms with E-state index in [4.69, 9.17) is 4.74 Å². The van der Waals surface area contributed by atoms with Gasteiger partial charge in [0, 0.05) is 12.6 Å². The highest BCUT2D eigenvalue weighted by Crippen LogP contribution is 2.30. The summed E-state index contributed by atoms with van der Waals surface area (Å²) in [5.41, 5.74) is 0.547. The topological polar surface area (TPSA) is 21.3 Å². The first-order chi connectivity index (χ1) is 7.72. The van der Waals surface area contributed by atoms with Crippen molar-refractivity contribution >= 4 is 0 Å². The zero-order chi connectivity index (χ0) is 11.5. The van der Waals surface area contributed by atoms with Crippen LogP contribution in [0.2, 0.25) is 0 Å². The van der Waals surface area contributed by atoms with Gasteiger partial charge in [-0.15, -0.1) is 0 Å². The third-order valence-electron chi connectivity index (χ3n) is 3.01. The van der Waals surface area contributed by atoms with E-state index in [2.05, 4.69) is 5.32 Å². The van der Waals surface area contributed by atoms with Crippen molar-refractivity contribution in [2.24, 2.45) is 0 Å². The van der Waals surface area contributed by atoms with E-state index in [0.29, 0.717) is 5.56 Å². The lowest BCUT2D eigenvalue weighted by molar-refractivity contribution is 0.379. The monoisotopic (exact) mass is 227 g/mol. The van der Waals surface area contributed by atoms with Crippen LogP contribution in [0.4, 0.5) is 8.78 Å². The molecule has 1 heterocycles. The smallest absolute Gasteiger partial charge is 0.167 e. The van der Waals surface area contributed by atoms with Crippen LogP contribution in [-0.4, -0.2) is 20.2 Å². The van der Waals surface area contributed by atoms with Gasteiger partial charge in [0.05, 0.1) is 7.11 Å². The number of benzene rings is 1. The molecule has 0 aliphatic carbocycles. The van der Waals surface area contributed by atoms with E-state index in [1.807, 2.05) is 0 Å². The number of halogens is 2. The molecule has 16 heavy (non-hydrogen) atoms. The van der Waals surface area contributed by atoms with Crippen molar-refractivity contribution in [3.8, 4) is 5.75 Å². The van der Waals surface area contributed by atoms with E-state index in [9.17, 15) is 8.78 Å². The summed E-state index contributed by atoms with van der Waals surface area (Å²) in [6.07, 6.45) is 1.95. The number of hydrogen-bond acceptors (Lipinski definition) is 2. The minimum atomic E-state index is -0.646. The molecular weight excluding hydrogens is 212 g/mol. The average Bonchev–Trinajstić information content (AvgIpc) is 2.30. The molecule has 2 nitrogen and oxygen atoms in total. The quantitative estimate of drug-likeness (QED) is 0.837. The number of hydrogen-bond donors (Lipinski definition) is 1. The Morgan fingerprint density at radius 3 is 2.75 bits per heavy atom. The Morgan fingerprint density at radius 2 is 2.12 bits per heavy atom. The fourth-order valence-electron chi connectivity index (χ4n) is 2.13. The number of rotatable bonds is 2. The van der Waals surface area contributed by atoms with Crippen molar-refractivity contribution in [3.05, 3.63) is 29.3 Å². The van der Waals surface area contributed by atoms with Gasteiger partial charge in [-0.2, -0.15) is 0 Å². The zero-order valence-electron chi connectivity index (χ0n) is 9.22. The van der Waals surface area contributed by atoms with Gasteiger partial charge >= 0.3 is 0 Å². The Kier molecular flexibility index (Phi) is 3.39. The maximum Gasteiger partial charge on any atom is 0.167 e. The third-order valence-corrected chi connectivity index (χ3v) is 3.01. The second-order valence-electron chi connectivity index (χ2n) is 4.05. The SMILES string of the molecule is COc1cc(C2CCCNC2)c(F)cc1F. The van der Waals surface area contributed by atoms with E-state index < -0.39 is 11.6 Å². The molecular formula is C12H15F2NO. The maximum absolute atomic E-state index is 13.6. The molecule has 1 unspecified atom stereocenters. The normalized spacial score (nSPS) is 20.8. The molecule has 0 saturated carbocycles. The van der Waals surface area contributed by atoms with Crippen LogP contribution < -0.4 is 10.1 Å². The minimum absolute atomic E-state index is 0.113. The molecule has 88 valence electrons. The van der Waals surface area contributed by atoms with Crippen LogP contribution in [0.1, 0.15) is 24.3 Å². The van der Waals surface area contributed by atoms with Crippen molar-refractivity contribution in [2.75, 3.05) is 20.2 Å². The molecule has 1 N–H and O–H groups in total. The number of piperidine rings is 1. The van der Waals surface area contributed by atoms with Crippen LogP contribution in [0.5, 0.6) is 5.75 Å². The van der Waals surface area contributed by atoms with Gasteiger partial charge in [-0.3, -0.25) is 0 Å². The lowest BCUT2D eigenvalue weighted by Gasteiger charge is -2.23. The number of ether oxygens (including phenoxy) is 1. The molecule has 1 aromatic carbocycles. The lowest BCUT2D eigenvalue weighted by Crippen LogP contribution is -2.28. The van der Waals surface area contributed by atoms with Gasteiger partial charge in [0.25, 0.3) is 0 Å². The second kappa shape index (κ2) is 4.78. The Balaban J connectivity index is 2.31. The highest BCUT2D eigenvalue weighted by Gasteiger charge is 2.20. The van der Waals surface area contributed by atoms with Crippen molar-refractivity contribution in [1.29, 1.82) is 0 Å². The van der Waals surface area contributed by atoms with E-state index in [1.54, 1.807) is 0 Å².